The third-order valence-electron chi connectivity index (χ3n) is 3.40. The second-order valence-corrected chi connectivity index (χ2v) is 4.87. The van der Waals surface area contributed by atoms with Gasteiger partial charge in [-0.15, -0.1) is 0 Å². The number of carbonyl (C=O) groups excluding carboxylic acids is 2. The number of anilines is 1. The van der Waals surface area contributed by atoms with Gasteiger partial charge in [0, 0.05) is 0 Å². The fourth-order valence-electron chi connectivity index (χ4n) is 2.29. The molecule has 23 heavy (non-hydrogen) atoms. The van der Waals surface area contributed by atoms with Crippen molar-refractivity contribution in [1.82, 2.24) is 5.43 Å². The maximum Gasteiger partial charge on any atom is 0.336 e. The second-order valence-electron chi connectivity index (χ2n) is 4.87. The van der Waals surface area contributed by atoms with E-state index in [-0.39, 0.29) is 11.1 Å². The zero-order valence-corrected chi connectivity index (χ0v) is 11.9. The van der Waals surface area contributed by atoms with Crippen molar-refractivity contribution in [2.75, 3.05) is 5.01 Å². The van der Waals surface area contributed by atoms with Gasteiger partial charge in [0.05, 0.1) is 11.3 Å². The summed E-state index contributed by atoms with van der Waals surface area (Å²) < 4.78 is 0. The molecule has 1 fully saturated rings. The lowest BCUT2D eigenvalue weighted by Crippen LogP contribution is -2.35. The van der Waals surface area contributed by atoms with Gasteiger partial charge in [0.1, 0.15) is 5.57 Å². The van der Waals surface area contributed by atoms with Crippen LogP contribution < -0.4 is 10.4 Å². The molecule has 1 saturated heterocycles. The van der Waals surface area contributed by atoms with E-state index in [1.165, 1.54) is 12.1 Å². The molecule has 0 radical (unpaired) electrons. The summed E-state index contributed by atoms with van der Waals surface area (Å²) in [6.45, 7) is 0. The number of amides is 2. The summed E-state index contributed by atoms with van der Waals surface area (Å²) in [5, 5.41) is 10.3. The first-order valence-electron chi connectivity index (χ1n) is 6.82. The van der Waals surface area contributed by atoms with Crippen LogP contribution in [0.2, 0.25) is 0 Å². The Bertz CT molecular complexity index is 827. The number of carbonyl (C=O) groups is 3. The molecule has 0 aromatic heterocycles. The standard InChI is InChI=1S/C17H12N2O4/c20-15-14(10-11-6-4-5-9-13(11)17(22)23)16(21)19(18-15)12-7-2-1-3-8-12/h1-10H,(H,18,20)(H,22,23). The third-order valence-corrected chi connectivity index (χ3v) is 3.40. The predicted octanol–water partition coefficient (Wildman–Crippen LogP) is 1.85. The molecule has 6 heteroatoms. The summed E-state index contributed by atoms with van der Waals surface area (Å²) >= 11 is 0. The van der Waals surface area contributed by atoms with Crippen molar-refractivity contribution in [2.24, 2.45) is 0 Å². The van der Waals surface area contributed by atoms with Crippen LogP contribution in [0.5, 0.6) is 0 Å². The largest absolute Gasteiger partial charge is 0.478 e. The molecule has 6 nitrogen and oxygen atoms in total. The average molecular weight is 308 g/mol. The Morgan fingerprint density at radius 1 is 1.00 bits per heavy atom. The van der Waals surface area contributed by atoms with Crippen LogP contribution in [0.3, 0.4) is 0 Å². The molecule has 2 aromatic carbocycles. The smallest absolute Gasteiger partial charge is 0.336 e. The van der Waals surface area contributed by atoms with Crippen LogP contribution in [0, 0.1) is 0 Å². The van der Waals surface area contributed by atoms with E-state index in [0.717, 1.165) is 5.01 Å². The van der Waals surface area contributed by atoms with Crippen molar-refractivity contribution in [3.8, 4) is 0 Å². The monoisotopic (exact) mass is 308 g/mol. The van der Waals surface area contributed by atoms with Crippen molar-refractivity contribution in [3.63, 3.8) is 0 Å². The number of para-hydroxylation sites is 1. The first kappa shape index (κ1) is 14.5. The minimum Gasteiger partial charge on any atom is -0.478 e. The van der Waals surface area contributed by atoms with Gasteiger partial charge in [-0.05, 0) is 29.8 Å². The van der Waals surface area contributed by atoms with E-state index in [2.05, 4.69) is 5.43 Å². The average Bonchev–Trinajstić information content (AvgIpc) is 2.84. The Hall–Kier alpha value is -3.41. The van der Waals surface area contributed by atoms with Gasteiger partial charge in [-0.25, -0.2) is 9.80 Å². The number of hydrazine groups is 1. The summed E-state index contributed by atoms with van der Waals surface area (Å²) in [7, 11) is 0. The molecule has 0 spiro atoms. The molecule has 1 heterocycles. The van der Waals surface area contributed by atoms with E-state index in [1.54, 1.807) is 48.5 Å². The number of aromatic carboxylic acids is 1. The van der Waals surface area contributed by atoms with Gasteiger partial charge >= 0.3 is 5.97 Å². The first-order valence-corrected chi connectivity index (χ1v) is 6.82. The maximum atomic E-state index is 12.4. The van der Waals surface area contributed by atoms with Crippen molar-refractivity contribution >= 4 is 29.5 Å². The molecule has 2 aromatic rings. The van der Waals surface area contributed by atoms with Gasteiger partial charge in [-0.3, -0.25) is 15.0 Å². The van der Waals surface area contributed by atoms with Crippen LogP contribution in [0.1, 0.15) is 15.9 Å². The predicted molar refractivity (Wildman–Crippen MR) is 83.4 cm³/mol. The zero-order chi connectivity index (χ0) is 16.4. The van der Waals surface area contributed by atoms with E-state index in [4.69, 9.17) is 0 Å². The van der Waals surface area contributed by atoms with Crippen LogP contribution in [0.4, 0.5) is 5.69 Å². The Morgan fingerprint density at radius 2 is 1.65 bits per heavy atom. The second kappa shape index (κ2) is 5.76. The Balaban J connectivity index is 2.00. The highest BCUT2D eigenvalue weighted by Gasteiger charge is 2.34. The topological polar surface area (TPSA) is 86.7 Å². The van der Waals surface area contributed by atoms with Crippen LogP contribution in [-0.4, -0.2) is 22.9 Å². The van der Waals surface area contributed by atoms with Gasteiger partial charge in [0.2, 0.25) is 0 Å². The molecule has 2 N–H and O–H groups in total. The zero-order valence-electron chi connectivity index (χ0n) is 11.9. The number of nitrogens with one attached hydrogen (secondary N) is 1. The van der Waals surface area contributed by atoms with E-state index >= 15 is 0 Å². The van der Waals surface area contributed by atoms with Gasteiger partial charge in [0.15, 0.2) is 0 Å². The lowest BCUT2D eigenvalue weighted by molar-refractivity contribution is -0.117. The number of hydrogen-bond donors (Lipinski definition) is 2. The highest BCUT2D eigenvalue weighted by atomic mass is 16.4. The number of benzene rings is 2. The fourth-order valence-corrected chi connectivity index (χ4v) is 2.29. The molecule has 3 rings (SSSR count). The molecule has 1 aliphatic heterocycles. The molecule has 0 unspecified atom stereocenters. The molecule has 2 amide bonds. The van der Waals surface area contributed by atoms with E-state index < -0.39 is 17.8 Å². The lowest BCUT2D eigenvalue weighted by Gasteiger charge is -2.13. The fraction of sp³-hybridized carbons (Fsp3) is 0. The molecular formula is C17H12N2O4. The number of carboxylic acid groups (broad SMARTS) is 1. The van der Waals surface area contributed by atoms with Gasteiger partial charge in [-0.2, -0.15) is 0 Å². The molecule has 1 aliphatic rings. The number of carboxylic acids is 1. The van der Waals surface area contributed by atoms with Crippen LogP contribution in [0.15, 0.2) is 60.2 Å². The molecule has 0 saturated carbocycles. The minimum atomic E-state index is -1.12. The molecule has 114 valence electrons. The molecule has 0 bridgehead atoms. The van der Waals surface area contributed by atoms with Crippen molar-refractivity contribution in [1.29, 1.82) is 0 Å². The first-order chi connectivity index (χ1) is 11.1. The van der Waals surface area contributed by atoms with Crippen LogP contribution in [0.25, 0.3) is 6.08 Å². The summed E-state index contributed by atoms with van der Waals surface area (Å²) in [4.78, 5) is 35.7. The van der Waals surface area contributed by atoms with E-state index in [1.807, 2.05) is 0 Å². The quantitative estimate of drug-likeness (QED) is 0.669. The van der Waals surface area contributed by atoms with Gasteiger partial charge < -0.3 is 5.11 Å². The van der Waals surface area contributed by atoms with Crippen molar-refractivity contribution in [2.45, 2.75) is 0 Å². The lowest BCUT2D eigenvalue weighted by atomic mass is 10.0. The van der Waals surface area contributed by atoms with E-state index in [0.29, 0.717) is 11.3 Å². The minimum absolute atomic E-state index is 0.0266. The van der Waals surface area contributed by atoms with Crippen LogP contribution >= 0.6 is 0 Å². The molecular weight excluding hydrogens is 296 g/mol. The number of nitrogens with zero attached hydrogens (tertiary/aromatic N) is 1. The third kappa shape index (κ3) is 2.69. The normalized spacial score (nSPS) is 15.8. The summed E-state index contributed by atoms with van der Waals surface area (Å²) in [5.74, 6) is -2.22. The van der Waals surface area contributed by atoms with Gasteiger partial charge in [0.25, 0.3) is 11.8 Å². The van der Waals surface area contributed by atoms with Gasteiger partial charge in [-0.1, -0.05) is 36.4 Å². The summed E-state index contributed by atoms with van der Waals surface area (Å²) in [6, 6.07) is 14.9. The highest BCUT2D eigenvalue weighted by molar-refractivity contribution is 6.31. The Morgan fingerprint density at radius 3 is 2.35 bits per heavy atom. The Labute approximate surface area is 131 Å². The molecule has 0 aliphatic carbocycles. The Kier molecular flexibility index (Phi) is 3.64. The summed E-state index contributed by atoms with van der Waals surface area (Å²) in [6.07, 6.45) is 1.30. The summed E-state index contributed by atoms with van der Waals surface area (Å²) in [5.41, 5.74) is 3.21. The van der Waals surface area contributed by atoms with Crippen molar-refractivity contribution in [3.05, 3.63) is 71.3 Å². The van der Waals surface area contributed by atoms with Crippen LogP contribution in [-0.2, 0) is 9.59 Å². The number of hydrogen-bond acceptors (Lipinski definition) is 3. The number of rotatable bonds is 3. The van der Waals surface area contributed by atoms with E-state index in [9.17, 15) is 19.5 Å². The van der Waals surface area contributed by atoms with Crippen molar-refractivity contribution < 1.29 is 19.5 Å². The highest BCUT2D eigenvalue weighted by Crippen LogP contribution is 2.22. The maximum absolute atomic E-state index is 12.4. The SMILES string of the molecule is O=C1NN(c2ccccc2)C(=O)C1=Cc1ccccc1C(=O)O. The molecule has 0 atom stereocenters.